The number of hydrogen-bond acceptors (Lipinski definition) is 3. The van der Waals surface area contributed by atoms with Crippen molar-refractivity contribution in [2.24, 2.45) is 5.18 Å². The van der Waals surface area contributed by atoms with E-state index in [1.807, 2.05) is 6.07 Å². The summed E-state index contributed by atoms with van der Waals surface area (Å²) in [7, 11) is 0. The fraction of sp³-hybridized carbons (Fsp3) is 0. The monoisotopic (exact) mass is 189 g/mol. The zero-order valence-corrected chi connectivity index (χ0v) is 7.18. The molecule has 0 unspecified atom stereocenters. The van der Waals surface area contributed by atoms with Crippen LogP contribution in [0.3, 0.4) is 0 Å². The zero-order chi connectivity index (χ0) is 9.97. The van der Waals surface area contributed by atoms with Crippen molar-refractivity contribution in [2.75, 3.05) is 0 Å². The SMILES string of the molecule is O=Nc1c[nH]n(-c2ccccc2)c1=O. The first-order valence-corrected chi connectivity index (χ1v) is 4.02. The van der Waals surface area contributed by atoms with E-state index < -0.39 is 5.56 Å². The third kappa shape index (κ3) is 1.24. The molecule has 14 heavy (non-hydrogen) atoms. The highest BCUT2D eigenvalue weighted by atomic mass is 16.3. The summed E-state index contributed by atoms with van der Waals surface area (Å²) >= 11 is 0. The quantitative estimate of drug-likeness (QED) is 0.728. The van der Waals surface area contributed by atoms with Gasteiger partial charge in [0, 0.05) is 0 Å². The molecule has 0 atom stereocenters. The average Bonchev–Trinajstić information content (AvgIpc) is 2.61. The first-order valence-electron chi connectivity index (χ1n) is 4.02. The molecule has 1 N–H and O–H groups in total. The van der Waals surface area contributed by atoms with Gasteiger partial charge in [-0.15, -0.1) is 4.91 Å². The van der Waals surface area contributed by atoms with E-state index in [2.05, 4.69) is 10.3 Å². The molecule has 2 aromatic rings. The van der Waals surface area contributed by atoms with Crippen LogP contribution < -0.4 is 5.56 Å². The Morgan fingerprint density at radius 1 is 1.21 bits per heavy atom. The van der Waals surface area contributed by atoms with Crippen LogP contribution in [-0.4, -0.2) is 9.78 Å². The number of aromatic amines is 1. The summed E-state index contributed by atoms with van der Waals surface area (Å²) in [5.41, 5.74) is 0.118. The van der Waals surface area contributed by atoms with Crippen molar-refractivity contribution in [3.05, 3.63) is 51.8 Å². The van der Waals surface area contributed by atoms with E-state index in [1.54, 1.807) is 24.3 Å². The summed E-state index contributed by atoms with van der Waals surface area (Å²) in [6.45, 7) is 0. The Labute approximate surface area is 79.0 Å². The minimum absolute atomic E-state index is 0.117. The summed E-state index contributed by atoms with van der Waals surface area (Å²) in [4.78, 5) is 21.6. The third-order valence-electron chi connectivity index (χ3n) is 1.87. The maximum atomic E-state index is 11.4. The number of rotatable bonds is 2. The first kappa shape index (κ1) is 8.43. The van der Waals surface area contributed by atoms with Crippen LogP contribution in [0.4, 0.5) is 5.69 Å². The van der Waals surface area contributed by atoms with Gasteiger partial charge in [0.2, 0.25) is 0 Å². The van der Waals surface area contributed by atoms with E-state index in [1.165, 1.54) is 10.9 Å². The van der Waals surface area contributed by atoms with Crippen LogP contribution in [0.15, 0.2) is 46.5 Å². The Hall–Kier alpha value is -2.17. The van der Waals surface area contributed by atoms with Crippen LogP contribution in [-0.2, 0) is 0 Å². The topological polar surface area (TPSA) is 67.2 Å². The van der Waals surface area contributed by atoms with Crippen LogP contribution in [0.2, 0.25) is 0 Å². The number of hydrogen-bond donors (Lipinski definition) is 1. The lowest BCUT2D eigenvalue weighted by molar-refractivity contribution is 0.849. The molecule has 0 amide bonds. The molecule has 1 aromatic heterocycles. The maximum Gasteiger partial charge on any atom is 0.300 e. The van der Waals surface area contributed by atoms with E-state index in [0.717, 1.165) is 0 Å². The third-order valence-corrected chi connectivity index (χ3v) is 1.87. The Kier molecular flexibility index (Phi) is 1.98. The lowest BCUT2D eigenvalue weighted by atomic mass is 10.3. The van der Waals surface area contributed by atoms with Gasteiger partial charge in [-0.3, -0.25) is 9.89 Å². The van der Waals surface area contributed by atoms with E-state index in [4.69, 9.17) is 0 Å². The van der Waals surface area contributed by atoms with Crippen LogP contribution in [0.25, 0.3) is 5.69 Å². The smallest absolute Gasteiger partial charge is 0.296 e. The Morgan fingerprint density at radius 2 is 1.93 bits per heavy atom. The molecule has 2 rings (SSSR count). The van der Waals surface area contributed by atoms with Crippen molar-refractivity contribution in [3.63, 3.8) is 0 Å². The van der Waals surface area contributed by atoms with Gasteiger partial charge in [-0.25, -0.2) is 4.68 Å². The molecule has 0 fully saturated rings. The largest absolute Gasteiger partial charge is 0.300 e. The van der Waals surface area contributed by atoms with Gasteiger partial charge < -0.3 is 0 Å². The number of para-hydroxylation sites is 1. The summed E-state index contributed by atoms with van der Waals surface area (Å²) in [5, 5.41) is 5.25. The lowest BCUT2D eigenvalue weighted by Crippen LogP contribution is -2.13. The van der Waals surface area contributed by atoms with Crippen molar-refractivity contribution >= 4 is 5.69 Å². The summed E-state index contributed by atoms with van der Waals surface area (Å²) < 4.78 is 1.26. The number of aromatic nitrogens is 2. The molecule has 1 heterocycles. The van der Waals surface area contributed by atoms with Crippen LogP contribution in [0, 0.1) is 4.91 Å². The maximum absolute atomic E-state index is 11.4. The van der Waals surface area contributed by atoms with E-state index in [9.17, 15) is 9.70 Å². The van der Waals surface area contributed by atoms with Crippen LogP contribution in [0.1, 0.15) is 0 Å². The molecule has 0 aliphatic carbocycles. The number of nitrogens with zero attached hydrogens (tertiary/aromatic N) is 2. The average molecular weight is 189 g/mol. The molecule has 0 radical (unpaired) electrons. The Bertz CT molecular complexity index is 498. The standard InChI is InChI=1S/C9H7N3O2/c13-9-8(11-14)6-10-12(9)7-4-2-1-3-5-7/h1-6,10H. The van der Waals surface area contributed by atoms with Gasteiger partial charge >= 0.3 is 5.56 Å². The van der Waals surface area contributed by atoms with Gasteiger partial charge in [0.15, 0.2) is 5.69 Å². The number of nitroso groups, excluding NO2 is 1. The first-order chi connectivity index (χ1) is 6.83. The summed E-state index contributed by atoms with van der Waals surface area (Å²) in [6, 6.07) is 8.96. The fourth-order valence-corrected chi connectivity index (χ4v) is 1.19. The van der Waals surface area contributed by atoms with E-state index in [0.29, 0.717) is 5.69 Å². The molecule has 0 spiro atoms. The van der Waals surface area contributed by atoms with Gasteiger partial charge in [-0.05, 0) is 17.3 Å². The molecule has 0 aliphatic heterocycles. The van der Waals surface area contributed by atoms with Crippen LogP contribution in [0.5, 0.6) is 0 Å². The second-order valence-corrected chi connectivity index (χ2v) is 2.73. The van der Waals surface area contributed by atoms with Gasteiger partial charge in [0.1, 0.15) is 0 Å². The molecule has 0 saturated carbocycles. The second kappa shape index (κ2) is 3.29. The van der Waals surface area contributed by atoms with E-state index >= 15 is 0 Å². The minimum Gasteiger partial charge on any atom is -0.296 e. The van der Waals surface area contributed by atoms with Crippen molar-refractivity contribution in [1.29, 1.82) is 0 Å². The van der Waals surface area contributed by atoms with Gasteiger partial charge in [0.25, 0.3) is 0 Å². The highest BCUT2D eigenvalue weighted by Crippen LogP contribution is 2.06. The number of H-pyrrole nitrogens is 1. The minimum atomic E-state index is -0.439. The molecule has 0 saturated heterocycles. The Morgan fingerprint density at radius 3 is 2.50 bits per heavy atom. The predicted octanol–water partition coefficient (Wildman–Crippen LogP) is 1.56. The summed E-state index contributed by atoms with van der Waals surface area (Å²) in [6.07, 6.45) is 1.28. The molecule has 5 heteroatoms. The van der Waals surface area contributed by atoms with Gasteiger partial charge in [-0.1, -0.05) is 18.2 Å². The Balaban J connectivity index is 2.59. The molecule has 0 aliphatic rings. The number of nitrogens with one attached hydrogen (secondary N) is 1. The fourth-order valence-electron chi connectivity index (χ4n) is 1.19. The van der Waals surface area contributed by atoms with Crippen LogP contribution >= 0.6 is 0 Å². The molecular formula is C9H7N3O2. The van der Waals surface area contributed by atoms with Crippen molar-refractivity contribution in [3.8, 4) is 5.69 Å². The highest BCUT2D eigenvalue weighted by molar-refractivity contribution is 5.37. The molecule has 5 nitrogen and oxygen atoms in total. The molecular weight excluding hydrogens is 182 g/mol. The summed E-state index contributed by atoms with van der Waals surface area (Å²) in [5.74, 6) is 0. The zero-order valence-electron chi connectivity index (χ0n) is 7.18. The van der Waals surface area contributed by atoms with Gasteiger partial charge in [-0.2, -0.15) is 0 Å². The number of benzene rings is 1. The van der Waals surface area contributed by atoms with Gasteiger partial charge in [0.05, 0.1) is 11.9 Å². The van der Waals surface area contributed by atoms with Crippen molar-refractivity contribution in [2.45, 2.75) is 0 Å². The van der Waals surface area contributed by atoms with E-state index in [-0.39, 0.29) is 5.69 Å². The molecule has 70 valence electrons. The highest BCUT2D eigenvalue weighted by Gasteiger charge is 2.06. The van der Waals surface area contributed by atoms with Crippen molar-refractivity contribution in [1.82, 2.24) is 9.78 Å². The molecule has 1 aromatic carbocycles. The second-order valence-electron chi connectivity index (χ2n) is 2.73. The molecule has 0 bridgehead atoms. The predicted molar refractivity (Wildman–Crippen MR) is 51.8 cm³/mol. The van der Waals surface area contributed by atoms with Crippen molar-refractivity contribution < 1.29 is 0 Å². The lowest BCUT2D eigenvalue weighted by Gasteiger charge is -1.98. The normalized spacial score (nSPS) is 10.0.